The second kappa shape index (κ2) is 12.1. The zero-order valence-electron chi connectivity index (χ0n) is 18.6. The Morgan fingerprint density at radius 2 is 1.71 bits per heavy atom. The van der Waals surface area contributed by atoms with Crippen LogP contribution in [0.1, 0.15) is 103 Å². The molecule has 28 heavy (non-hydrogen) atoms. The van der Waals surface area contributed by atoms with Crippen molar-refractivity contribution in [2.45, 2.75) is 109 Å². The lowest BCUT2D eigenvalue weighted by molar-refractivity contribution is -0.132. The molecule has 2 atom stereocenters. The van der Waals surface area contributed by atoms with E-state index in [9.17, 15) is 4.79 Å². The molecule has 0 bridgehead atoms. The molecule has 3 nitrogen and oxygen atoms in total. The van der Waals surface area contributed by atoms with Gasteiger partial charge in [0.15, 0.2) is 0 Å². The molecule has 0 N–H and O–H groups in total. The number of hydrogen-bond donors (Lipinski definition) is 0. The van der Waals surface area contributed by atoms with Crippen molar-refractivity contribution in [3.05, 3.63) is 29.8 Å². The van der Waals surface area contributed by atoms with E-state index in [0.717, 1.165) is 43.4 Å². The Hall–Kier alpha value is -1.51. The van der Waals surface area contributed by atoms with Crippen molar-refractivity contribution in [2.75, 3.05) is 7.05 Å². The minimum atomic E-state index is -0.103. The number of para-hydroxylation sites is 1. The number of benzene rings is 1. The predicted octanol–water partition coefficient (Wildman–Crippen LogP) is 6.71. The van der Waals surface area contributed by atoms with Crippen molar-refractivity contribution in [3.8, 4) is 5.75 Å². The molecule has 0 aliphatic heterocycles. The monoisotopic (exact) mass is 387 g/mol. The first kappa shape index (κ1) is 22.8. The van der Waals surface area contributed by atoms with Crippen LogP contribution in [0.2, 0.25) is 0 Å². The highest BCUT2D eigenvalue weighted by atomic mass is 16.5. The van der Waals surface area contributed by atoms with Crippen LogP contribution in [0.5, 0.6) is 5.75 Å². The standard InChI is InChI=1S/C25H41NO2/c1-5-8-9-10-11-12-15-21(6-2)28-24-17-14-13-16-23(24)22(7-3)25(27)26(4)20-18-19-20/h13-14,16-17,20-22H,5-12,15,18-19H2,1-4H3. The van der Waals surface area contributed by atoms with E-state index in [1.54, 1.807) is 0 Å². The van der Waals surface area contributed by atoms with E-state index in [1.165, 1.54) is 38.5 Å². The lowest BCUT2D eigenvalue weighted by atomic mass is 9.94. The largest absolute Gasteiger partial charge is 0.490 e. The average Bonchev–Trinajstić information content (AvgIpc) is 3.56. The van der Waals surface area contributed by atoms with E-state index in [2.05, 4.69) is 26.8 Å². The van der Waals surface area contributed by atoms with Crippen LogP contribution in [0.25, 0.3) is 0 Å². The Morgan fingerprint density at radius 3 is 2.36 bits per heavy atom. The molecule has 1 saturated carbocycles. The Labute approximate surface area is 172 Å². The topological polar surface area (TPSA) is 29.5 Å². The van der Waals surface area contributed by atoms with Crippen molar-refractivity contribution in [2.24, 2.45) is 0 Å². The van der Waals surface area contributed by atoms with Gasteiger partial charge in [-0.2, -0.15) is 0 Å². The van der Waals surface area contributed by atoms with E-state index in [4.69, 9.17) is 4.74 Å². The average molecular weight is 388 g/mol. The van der Waals surface area contributed by atoms with Crippen LogP contribution < -0.4 is 4.74 Å². The fourth-order valence-electron chi connectivity index (χ4n) is 3.97. The third kappa shape index (κ3) is 6.83. The summed E-state index contributed by atoms with van der Waals surface area (Å²) in [6.07, 6.45) is 13.3. The van der Waals surface area contributed by atoms with Crippen LogP contribution in [-0.4, -0.2) is 30.0 Å². The fraction of sp³-hybridized carbons (Fsp3) is 0.720. The molecule has 0 radical (unpaired) electrons. The summed E-state index contributed by atoms with van der Waals surface area (Å²) >= 11 is 0. The van der Waals surface area contributed by atoms with Crippen molar-refractivity contribution in [3.63, 3.8) is 0 Å². The number of rotatable bonds is 14. The number of hydrogen-bond acceptors (Lipinski definition) is 2. The second-order valence-electron chi connectivity index (χ2n) is 8.38. The van der Waals surface area contributed by atoms with Crippen LogP contribution in [-0.2, 0) is 4.79 Å². The summed E-state index contributed by atoms with van der Waals surface area (Å²) in [6, 6.07) is 8.64. The van der Waals surface area contributed by atoms with Gasteiger partial charge in [0.2, 0.25) is 5.91 Å². The summed E-state index contributed by atoms with van der Waals surface area (Å²) in [6.45, 7) is 6.57. The number of carbonyl (C=O) groups excluding carboxylic acids is 1. The molecule has 1 aliphatic carbocycles. The molecule has 3 heteroatoms. The maximum absolute atomic E-state index is 13.0. The molecule has 1 fully saturated rings. The van der Waals surface area contributed by atoms with Gasteiger partial charge in [0.05, 0.1) is 12.0 Å². The Bertz CT molecular complexity index is 582. The quantitative estimate of drug-likeness (QED) is 0.332. The van der Waals surface area contributed by atoms with Gasteiger partial charge in [-0.1, -0.05) is 71.1 Å². The normalized spacial score (nSPS) is 15.9. The Morgan fingerprint density at radius 1 is 1.04 bits per heavy atom. The number of nitrogens with zero attached hydrogens (tertiary/aromatic N) is 1. The second-order valence-corrected chi connectivity index (χ2v) is 8.38. The van der Waals surface area contributed by atoms with Crippen molar-refractivity contribution in [1.82, 2.24) is 4.90 Å². The molecule has 0 saturated heterocycles. The Balaban J connectivity index is 1.97. The van der Waals surface area contributed by atoms with E-state index >= 15 is 0 Å². The highest BCUT2D eigenvalue weighted by Gasteiger charge is 2.34. The summed E-state index contributed by atoms with van der Waals surface area (Å²) in [4.78, 5) is 15.0. The molecule has 2 unspecified atom stereocenters. The predicted molar refractivity (Wildman–Crippen MR) is 118 cm³/mol. The number of unbranched alkanes of at least 4 members (excludes halogenated alkanes) is 5. The van der Waals surface area contributed by atoms with Gasteiger partial charge < -0.3 is 9.64 Å². The molecular formula is C25H41NO2. The first-order chi connectivity index (χ1) is 13.6. The molecule has 0 spiro atoms. The van der Waals surface area contributed by atoms with E-state index in [1.807, 2.05) is 30.1 Å². The summed E-state index contributed by atoms with van der Waals surface area (Å²) in [5.74, 6) is 1.04. The van der Waals surface area contributed by atoms with Crippen LogP contribution in [0, 0.1) is 0 Å². The minimum Gasteiger partial charge on any atom is -0.490 e. The van der Waals surface area contributed by atoms with Gasteiger partial charge in [0.1, 0.15) is 5.75 Å². The minimum absolute atomic E-state index is 0.103. The maximum Gasteiger partial charge on any atom is 0.230 e. The van der Waals surface area contributed by atoms with E-state index in [-0.39, 0.29) is 17.9 Å². The molecule has 2 rings (SSSR count). The number of ether oxygens (including phenoxy) is 1. The maximum atomic E-state index is 13.0. The van der Waals surface area contributed by atoms with Gasteiger partial charge in [0, 0.05) is 18.7 Å². The number of carbonyl (C=O) groups is 1. The first-order valence-electron chi connectivity index (χ1n) is 11.6. The van der Waals surface area contributed by atoms with Crippen molar-refractivity contribution in [1.29, 1.82) is 0 Å². The lowest BCUT2D eigenvalue weighted by Gasteiger charge is -2.26. The molecule has 1 amide bonds. The van der Waals surface area contributed by atoms with Crippen molar-refractivity contribution < 1.29 is 9.53 Å². The highest BCUT2D eigenvalue weighted by molar-refractivity contribution is 5.84. The molecule has 158 valence electrons. The smallest absolute Gasteiger partial charge is 0.230 e. The van der Waals surface area contributed by atoms with Gasteiger partial charge in [-0.3, -0.25) is 4.79 Å². The summed E-state index contributed by atoms with van der Waals surface area (Å²) in [5.41, 5.74) is 1.06. The first-order valence-corrected chi connectivity index (χ1v) is 11.6. The molecule has 1 aromatic rings. The van der Waals surface area contributed by atoms with E-state index in [0.29, 0.717) is 6.04 Å². The zero-order valence-corrected chi connectivity index (χ0v) is 18.6. The molecule has 1 aromatic carbocycles. The Kier molecular flexibility index (Phi) is 9.87. The highest BCUT2D eigenvalue weighted by Crippen LogP contribution is 2.34. The van der Waals surface area contributed by atoms with Crippen LogP contribution in [0.3, 0.4) is 0 Å². The van der Waals surface area contributed by atoms with Gasteiger partial charge >= 0.3 is 0 Å². The van der Waals surface area contributed by atoms with Crippen LogP contribution >= 0.6 is 0 Å². The number of likely N-dealkylation sites (N-methyl/N-ethyl adjacent to an activating group) is 1. The van der Waals surface area contributed by atoms with Gasteiger partial charge in [0.25, 0.3) is 0 Å². The summed E-state index contributed by atoms with van der Waals surface area (Å²) < 4.78 is 6.44. The van der Waals surface area contributed by atoms with E-state index < -0.39 is 0 Å². The lowest BCUT2D eigenvalue weighted by Crippen LogP contribution is -2.33. The zero-order chi connectivity index (χ0) is 20.4. The van der Waals surface area contributed by atoms with Gasteiger partial charge in [-0.25, -0.2) is 0 Å². The van der Waals surface area contributed by atoms with Crippen LogP contribution in [0.15, 0.2) is 24.3 Å². The number of amides is 1. The third-order valence-corrected chi connectivity index (χ3v) is 6.07. The summed E-state index contributed by atoms with van der Waals surface area (Å²) in [5, 5.41) is 0. The SMILES string of the molecule is CCCCCCCCC(CC)Oc1ccccc1C(CC)C(=O)N(C)C1CC1. The van der Waals surface area contributed by atoms with Gasteiger partial charge in [-0.05, 0) is 44.6 Å². The van der Waals surface area contributed by atoms with Crippen LogP contribution in [0.4, 0.5) is 0 Å². The molecule has 0 heterocycles. The molecule has 1 aliphatic rings. The van der Waals surface area contributed by atoms with Gasteiger partial charge in [-0.15, -0.1) is 0 Å². The molecular weight excluding hydrogens is 346 g/mol. The fourth-order valence-corrected chi connectivity index (χ4v) is 3.97. The molecule has 0 aromatic heterocycles. The summed E-state index contributed by atoms with van der Waals surface area (Å²) in [7, 11) is 1.96. The van der Waals surface area contributed by atoms with Crippen molar-refractivity contribution >= 4 is 5.91 Å². The third-order valence-electron chi connectivity index (χ3n) is 6.07.